The van der Waals surface area contributed by atoms with Crippen molar-refractivity contribution in [1.82, 2.24) is 15.1 Å². The van der Waals surface area contributed by atoms with Gasteiger partial charge >= 0.3 is 6.03 Å². The third-order valence-electron chi connectivity index (χ3n) is 3.10. The van der Waals surface area contributed by atoms with Crippen LogP contribution in [0.2, 0.25) is 0 Å². The Morgan fingerprint density at radius 1 is 1.29 bits per heavy atom. The number of amides is 3. The Kier molecular flexibility index (Phi) is 4.62. The van der Waals surface area contributed by atoms with Gasteiger partial charge in [0.25, 0.3) is 0 Å². The topological polar surface area (TPSA) is 67.2 Å². The number of hydrogen-bond donors (Lipinski definition) is 1. The number of hydrogen-bond acceptors (Lipinski definition) is 3. The first-order valence-corrected chi connectivity index (χ1v) is 7.59. The number of rotatable bonds is 1. The fourth-order valence-corrected chi connectivity index (χ4v) is 2.53. The summed E-state index contributed by atoms with van der Waals surface area (Å²) < 4.78 is 2.67. The lowest BCUT2D eigenvalue weighted by atomic mass is 10.2. The monoisotopic (exact) mass is 352 g/mol. The van der Waals surface area contributed by atoms with Gasteiger partial charge in [0.1, 0.15) is 0 Å². The third-order valence-corrected chi connectivity index (χ3v) is 3.60. The van der Waals surface area contributed by atoms with Crippen LogP contribution in [0, 0.1) is 0 Å². The summed E-state index contributed by atoms with van der Waals surface area (Å²) in [5.41, 5.74) is 0.925. The second kappa shape index (κ2) is 6.26. The van der Waals surface area contributed by atoms with E-state index in [9.17, 15) is 9.59 Å². The van der Waals surface area contributed by atoms with Crippen molar-refractivity contribution in [3.63, 3.8) is 0 Å². The summed E-state index contributed by atoms with van der Waals surface area (Å²) in [5, 5.41) is 7.57. The summed E-state index contributed by atoms with van der Waals surface area (Å²) in [5.74, 6) is 0.333. The molecule has 1 fully saturated rings. The molecule has 1 aliphatic heterocycles. The van der Waals surface area contributed by atoms with Gasteiger partial charge in [-0.3, -0.25) is 19.7 Å². The van der Waals surface area contributed by atoms with Gasteiger partial charge in [0.05, 0.1) is 5.52 Å². The molecule has 0 unspecified atom stereocenters. The number of aryl methyl sites for hydroxylation is 1. The van der Waals surface area contributed by atoms with E-state index in [4.69, 9.17) is 0 Å². The smallest absolute Gasteiger partial charge is 0.278 e. The first-order valence-electron chi connectivity index (χ1n) is 6.80. The molecule has 0 atom stereocenters. The number of carbonyl (C=O) groups is 2. The maximum atomic E-state index is 11.9. The van der Waals surface area contributed by atoms with E-state index < -0.39 is 6.03 Å². The molecular weight excluding hydrogens is 336 g/mol. The Morgan fingerprint density at radius 2 is 2.00 bits per heavy atom. The average Bonchev–Trinajstić information content (AvgIpc) is 2.78. The molecule has 1 N–H and O–H groups in total. The van der Waals surface area contributed by atoms with Crippen molar-refractivity contribution in [2.45, 2.75) is 20.3 Å². The van der Waals surface area contributed by atoms with Crippen molar-refractivity contribution >= 4 is 44.6 Å². The quantitative estimate of drug-likeness (QED) is 0.857. The molecule has 0 saturated carbocycles. The average molecular weight is 353 g/mol. The third kappa shape index (κ3) is 2.92. The molecule has 112 valence electrons. The predicted molar refractivity (Wildman–Crippen MR) is 85.3 cm³/mol. The molecule has 1 aromatic heterocycles. The summed E-state index contributed by atoms with van der Waals surface area (Å²) in [6, 6.07) is 5.34. The molecule has 0 bridgehead atoms. The lowest BCUT2D eigenvalue weighted by Gasteiger charge is -2.24. The van der Waals surface area contributed by atoms with E-state index in [-0.39, 0.29) is 5.91 Å². The SMILES string of the molecule is CC.Cn1nc(N2CCC(=O)NC2=O)c2ccc(Br)cc21. The van der Waals surface area contributed by atoms with E-state index in [2.05, 4.69) is 26.3 Å². The van der Waals surface area contributed by atoms with Crippen molar-refractivity contribution < 1.29 is 9.59 Å². The summed E-state index contributed by atoms with van der Waals surface area (Å²) in [6.07, 6.45) is 0.292. The van der Waals surface area contributed by atoms with Crippen LogP contribution >= 0.6 is 15.9 Å². The van der Waals surface area contributed by atoms with Crippen LogP contribution in [0.5, 0.6) is 0 Å². The number of urea groups is 1. The number of aromatic nitrogens is 2. The Balaban J connectivity index is 0.000000774. The van der Waals surface area contributed by atoms with Crippen molar-refractivity contribution in [3.8, 4) is 0 Å². The Labute approximate surface area is 131 Å². The van der Waals surface area contributed by atoms with Gasteiger partial charge in [-0.1, -0.05) is 29.8 Å². The maximum absolute atomic E-state index is 11.9. The molecule has 0 radical (unpaired) electrons. The molecule has 3 rings (SSSR count). The largest absolute Gasteiger partial charge is 0.329 e. The van der Waals surface area contributed by atoms with Gasteiger partial charge in [0.15, 0.2) is 5.82 Å². The zero-order valence-corrected chi connectivity index (χ0v) is 13.8. The number of imide groups is 1. The highest BCUT2D eigenvalue weighted by Crippen LogP contribution is 2.28. The van der Waals surface area contributed by atoms with Gasteiger partial charge in [0, 0.05) is 29.9 Å². The molecule has 1 aromatic carbocycles. The standard InChI is InChI=1S/C12H11BrN4O2.C2H6/c1-16-9-6-7(13)2-3-8(9)11(15-16)17-5-4-10(18)14-12(17)19;1-2/h2-3,6H,4-5H2,1H3,(H,14,18,19);1-2H3. The zero-order chi connectivity index (χ0) is 15.6. The maximum Gasteiger partial charge on any atom is 0.329 e. The molecule has 2 aromatic rings. The molecule has 3 amide bonds. The van der Waals surface area contributed by atoms with Gasteiger partial charge in [-0.05, 0) is 18.2 Å². The number of nitrogens with one attached hydrogen (secondary N) is 1. The van der Waals surface area contributed by atoms with Gasteiger partial charge in [0.2, 0.25) is 5.91 Å². The molecular formula is C14H17BrN4O2. The Bertz CT molecular complexity index is 696. The number of benzene rings is 1. The van der Waals surface area contributed by atoms with Crippen molar-refractivity contribution in [1.29, 1.82) is 0 Å². The molecule has 7 heteroatoms. The Morgan fingerprint density at radius 3 is 2.67 bits per heavy atom. The van der Waals surface area contributed by atoms with E-state index in [1.165, 1.54) is 4.90 Å². The van der Waals surface area contributed by atoms with E-state index >= 15 is 0 Å². The van der Waals surface area contributed by atoms with Crippen LogP contribution in [0.15, 0.2) is 22.7 Å². The van der Waals surface area contributed by atoms with Crippen LogP contribution in [0.4, 0.5) is 10.6 Å². The number of carbonyl (C=O) groups excluding carboxylic acids is 2. The lowest BCUT2D eigenvalue weighted by Crippen LogP contribution is -2.49. The highest BCUT2D eigenvalue weighted by molar-refractivity contribution is 9.10. The zero-order valence-electron chi connectivity index (χ0n) is 12.2. The number of nitrogens with zero attached hydrogens (tertiary/aromatic N) is 3. The first-order chi connectivity index (χ1) is 10.1. The van der Waals surface area contributed by atoms with Crippen LogP contribution in [-0.2, 0) is 11.8 Å². The van der Waals surface area contributed by atoms with Gasteiger partial charge < -0.3 is 0 Å². The van der Waals surface area contributed by atoms with Crippen LogP contribution in [0.3, 0.4) is 0 Å². The summed E-state index contributed by atoms with van der Waals surface area (Å²) >= 11 is 3.41. The Hall–Kier alpha value is -1.89. The van der Waals surface area contributed by atoms with Crippen LogP contribution < -0.4 is 10.2 Å². The minimum absolute atomic E-state index is 0.246. The van der Waals surface area contributed by atoms with Crippen molar-refractivity contribution in [2.24, 2.45) is 7.05 Å². The normalized spacial score (nSPS) is 14.8. The van der Waals surface area contributed by atoms with Gasteiger partial charge in [-0.15, -0.1) is 0 Å². The van der Waals surface area contributed by atoms with Crippen molar-refractivity contribution in [3.05, 3.63) is 22.7 Å². The highest BCUT2D eigenvalue weighted by atomic mass is 79.9. The van der Waals surface area contributed by atoms with E-state index in [1.807, 2.05) is 39.1 Å². The van der Waals surface area contributed by atoms with E-state index in [0.717, 1.165) is 15.4 Å². The van der Waals surface area contributed by atoms with Gasteiger partial charge in [-0.2, -0.15) is 5.10 Å². The molecule has 0 spiro atoms. The summed E-state index contributed by atoms with van der Waals surface area (Å²) in [6.45, 7) is 4.35. The number of anilines is 1. The van der Waals surface area contributed by atoms with Crippen LogP contribution in [-0.4, -0.2) is 28.3 Å². The van der Waals surface area contributed by atoms with Crippen LogP contribution in [0.1, 0.15) is 20.3 Å². The fourth-order valence-electron chi connectivity index (χ4n) is 2.18. The molecule has 21 heavy (non-hydrogen) atoms. The van der Waals surface area contributed by atoms with E-state index in [1.54, 1.807) is 4.68 Å². The molecule has 6 nitrogen and oxygen atoms in total. The molecule has 2 heterocycles. The number of halogens is 1. The molecule has 0 aliphatic carbocycles. The first kappa shape index (κ1) is 15.5. The molecule has 1 saturated heterocycles. The highest BCUT2D eigenvalue weighted by Gasteiger charge is 2.27. The minimum Gasteiger partial charge on any atom is -0.278 e. The summed E-state index contributed by atoms with van der Waals surface area (Å²) in [4.78, 5) is 24.5. The lowest BCUT2D eigenvalue weighted by molar-refractivity contribution is -0.120. The summed E-state index contributed by atoms with van der Waals surface area (Å²) in [7, 11) is 1.82. The van der Waals surface area contributed by atoms with Crippen molar-refractivity contribution in [2.75, 3.05) is 11.4 Å². The predicted octanol–water partition coefficient (Wildman–Crippen LogP) is 2.81. The minimum atomic E-state index is -0.417. The van der Waals surface area contributed by atoms with Crippen LogP contribution in [0.25, 0.3) is 10.9 Å². The van der Waals surface area contributed by atoms with Gasteiger partial charge in [-0.25, -0.2) is 4.79 Å². The fraction of sp³-hybridized carbons (Fsp3) is 0.357. The number of fused-ring (bicyclic) bond motifs is 1. The van der Waals surface area contributed by atoms with E-state index in [0.29, 0.717) is 18.8 Å². The second-order valence-electron chi connectivity index (χ2n) is 4.36. The molecule has 1 aliphatic rings. The second-order valence-corrected chi connectivity index (χ2v) is 5.28.